The van der Waals surface area contributed by atoms with E-state index < -0.39 is 5.92 Å². The maximum absolute atomic E-state index is 12.6. The topological polar surface area (TPSA) is 133 Å². The van der Waals surface area contributed by atoms with Crippen molar-refractivity contribution in [1.82, 2.24) is 25.4 Å². The highest BCUT2D eigenvalue weighted by Crippen LogP contribution is 2.19. The fraction of sp³-hybridized carbons (Fsp3) is 0.750. The smallest absolute Gasteiger partial charge is 0.246 e. The Balaban J connectivity index is 2.02. The second-order valence-electron chi connectivity index (χ2n) is 7.69. The van der Waals surface area contributed by atoms with Gasteiger partial charge in [-0.05, 0) is 19.3 Å². The van der Waals surface area contributed by atoms with Crippen molar-refractivity contribution in [1.29, 1.82) is 0 Å². The Labute approximate surface area is 183 Å². The second kappa shape index (κ2) is 13.0. The first-order valence-electron chi connectivity index (χ1n) is 11.0. The Morgan fingerprint density at radius 3 is 2.65 bits per heavy atom. The molecule has 2 amide bonds. The van der Waals surface area contributed by atoms with Crippen molar-refractivity contribution in [2.24, 2.45) is 5.92 Å². The highest BCUT2D eigenvalue weighted by atomic mass is 16.5. The standard InChI is InChI=1S/C20H35N7O4/c1-4-6-7-8-15(13-27(30)14-28)18(29)24-25-19-21-17(5-2)22-20(23-19)26-11-9-16(31-3)10-12-26/h14-16,30H,4-13H2,1-3H3,(H,24,29)(H,21,22,23,25)/t15-/m0/s1. The van der Waals surface area contributed by atoms with Crippen LogP contribution in [-0.2, 0) is 20.7 Å². The molecular weight excluding hydrogens is 402 g/mol. The quantitative estimate of drug-likeness (QED) is 0.182. The fourth-order valence-corrected chi connectivity index (χ4v) is 3.49. The van der Waals surface area contributed by atoms with Crippen molar-refractivity contribution < 1.29 is 19.5 Å². The van der Waals surface area contributed by atoms with E-state index in [1.165, 1.54) is 0 Å². The van der Waals surface area contributed by atoms with Crippen molar-refractivity contribution in [3.63, 3.8) is 0 Å². The van der Waals surface area contributed by atoms with Crippen LogP contribution in [0, 0.1) is 5.92 Å². The van der Waals surface area contributed by atoms with E-state index in [1.807, 2.05) is 6.92 Å². The molecule has 0 unspecified atom stereocenters. The molecular formula is C20H35N7O4. The maximum atomic E-state index is 12.6. The Kier molecular flexibility index (Phi) is 10.4. The monoisotopic (exact) mass is 437 g/mol. The molecule has 0 radical (unpaired) electrons. The van der Waals surface area contributed by atoms with Crippen LogP contribution >= 0.6 is 0 Å². The molecule has 11 heteroatoms. The van der Waals surface area contributed by atoms with Crippen LogP contribution in [0.15, 0.2) is 0 Å². The number of anilines is 2. The first-order valence-corrected chi connectivity index (χ1v) is 11.0. The van der Waals surface area contributed by atoms with Gasteiger partial charge in [-0.15, -0.1) is 0 Å². The highest BCUT2D eigenvalue weighted by Gasteiger charge is 2.23. The Morgan fingerprint density at radius 2 is 2.03 bits per heavy atom. The van der Waals surface area contributed by atoms with E-state index in [1.54, 1.807) is 7.11 Å². The third kappa shape index (κ3) is 7.91. The highest BCUT2D eigenvalue weighted by molar-refractivity contribution is 5.80. The summed E-state index contributed by atoms with van der Waals surface area (Å²) < 4.78 is 5.42. The molecule has 1 aromatic heterocycles. The number of carbonyl (C=O) groups excluding carboxylic acids is 2. The van der Waals surface area contributed by atoms with Crippen LogP contribution in [0.3, 0.4) is 0 Å². The maximum Gasteiger partial charge on any atom is 0.246 e. The number of ether oxygens (including phenoxy) is 1. The first-order chi connectivity index (χ1) is 15.0. The number of methoxy groups -OCH3 is 1. The van der Waals surface area contributed by atoms with Crippen LogP contribution in [0.4, 0.5) is 11.9 Å². The van der Waals surface area contributed by atoms with Gasteiger partial charge >= 0.3 is 0 Å². The van der Waals surface area contributed by atoms with Gasteiger partial charge in [0, 0.05) is 26.6 Å². The Bertz CT molecular complexity index is 698. The van der Waals surface area contributed by atoms with Gasteiger partial charge in [0.2, 0.25) is 24.2 Å². The number of piperidine rings is 1. The Morgan fingerprint density at radius 1 is 1.29 bits per heavy atom. The molecule has 31 heavy (non-hydrogen) atoms. The van der Waals surface area contributed by atoms with Gasteiger partial charge in [0.15, 0.2) is 0 Å². The number of aromatic nitrogens is 3. The predicted octanol–water partition coefficient (Wildman–Crippen LogP) is 1.54. The summed E-state index contributed by atoms with van der Waals surface area (Å²) in [4.78, 5) is 38.8. The molecule has 11 nitrogen and oxygen atoms in total. The molecule has 2 heterocycles. The average Bonchev–Trinajstić information content (AvgIpc) is 2.81. The zero-order valence-electron chi connectivity index (χ0n) is 18.7. The van der Waals surface area contributed by atoms with E-state index in [9.17, 15) is 14.8 Å². The lowest BCUT2D eigenvalue weighted by Gasteiger charge is -2.31. The molecule has 2 rings (SSSR count). The molecule has 0 bridgehead atoms. The van der Waals surface area contributed by atoms with Gasteiger partial charge in [0.05, 0.1) is 18.6 Å². The van der Waals surface area contributed by atoms with Crippen LogP contribution in [0.25, 0.3) is 0 Å². The summed E-state index contributed by atoms with van der Waals surface area (Å²) in [5.41, 5.74) is 5.40. The van der Waals surface area contributed by atoms with Crippen molar-refractivity contribution in [2.45, 2.75) is 64.9 Å². The molecule has 3 N–H and O–H groups in total. The van der Waals surface area contributed by atoms with E-state index in [4.69, 9.17) is 4.74 Å². The summed E-state index contributed by atoms with van der Waals surface area (Å²) in [6.45, 7) is 5.53. The van der Waals surface area contributed by atoms with Gasteiger partial charge in [-0.2, -0.15) is 15.0 Å². The minimum atomic E-state index is -0.547. The lowest BCUT2D eigenvalue weighted by atomic mass is 10.0. The minimum absolute atomic E-state index is 0.0716. The van der Waals surface area contributed by atoms with Crippen molar-refractivity contribution in [2.75, 3.05) is 37.1 Å². The number of hydrogen-bond acceptors (Lipinski definition) is 9. The summed E-state index contributed by atoms with van der Waals surface area (Å²) in [6.07, 6.45) is 6.35. The van der Waals surface area contributed by atoms with Gasteiger partial charge < -0.3 is 9.64 Å². The van der Waals surface area contributed by atoms with Crippen molar-refractivity contribution in [3.8, 4) is 0 Å². The van der Waals surface area contributed by atoms with Crippen molar-refractivity contribution >= 4 is 24.2 Å². The lowest BCUT2D eigenvalue weighted by Crippen LogP contribution is -2.41. The number of carbonyl (C=O) groups is 2. The summed E-state index contributed by atoms with van der Waals surface area (Å²) in [5.74, 6) is 0.567. The van der Waals surface area contributed by atoms with E-state index >= 15 is 0 Å². The number of aryl methyl sites for hydroxylation is 1. The van der Waals surface area contributed by atoms with E-state index in [0.717, 1.165) is 45.2 Å². The largest absolute Gasteiger partial charge is 0.381 e. The van der Waals surface area contributed by atoms with Gasteiger partial charge in [-0.25, -0.2) is 5.06 Å². The minimum Gasteiger partial charge on any atom is -0.381 e. The SMILES string of the molecule is CCCCC[C@@H](CN(O)C=O)C(=O)NNc1nc(CC)nc(N2CCC(OC)CC2)n1. The lowest BCUT2D eigenvalue weighted by molar-refractivity contribution is -0.154. The molecule has 0 aliphatic carbocycles. The van der Waals surface area contributed by atoms with E-state index in [0.29, 0.717) is 36.1 Å². The number of hydroxylamine groups is 2. The van der Waals surface area contributed by atoms with Gasteiger partial charge in [-0.3, -0.25) is 25.6 Å². The van der Waals surface area contributed by atoms with Crippen LogP contribution < -0.4 is 15.8 Å². The van der Waals surface area contributed by atoms with E-state index in [2.05, 4.69) is 37.6 Å². The van der Waals surface area contributed by atoms with Crippen LogP contribution in [0.1, 0.15) is 58.2 Å². The third-order valence-corrected chi connectivity index (χ3v) is 5.40. The number of nitrogens with zero attached hydrogens (tertiary/aromatic N) is 5. The van der Waals surface area contributed by atoms with Crippen molar-refractivity contribution in [3.05, 3.63) is 5.82 Å². The number of rotatable bonds is 13. The number of hydrogen-bond donors (Lipinski definition) is 3. The normalized spacial score (nSPS) is 15.4. The molecule has 1 aliphatic rings. The first kappa shape index (κ1) is 24.7. The summed E-state index contributed by atoms with van der Waals surface area (Å²) in [6, 6.07) is 0. The molecule has 0 spiro atoms. The van der Waals surface area contributed by atoms with E-state index in [-0.39, 0.29) is 24.5 Å². The average molecular weight is 438 g/mol. The fourth-order valence-electron chi connectivity index (χ4n) is 3.49. The molecule has 1 fully saturated rings. The Hall–Kier alpha value is -2.53. The zero-order chi connectivity index (χ0) is 22.6. The van der Waals surface area contributed by atoms with Gasteiger partial charge in [0.25, 0.3) is 0 Å². The van der Waals surface area contributed by atoms with Gasteiger partial charge in [0.1, 0.15) is 5.82 Å². The molecule has 1 atom stereocenters. The summed E-state index contributed by atoms with van der Waals surface area (Å²) >= 11 is 0. The third-order valence-electron chi connectivity index (χ3n) is 5.40. The predicted molar refractivity (Wildman–Crippen MR) is 115 cm³/mol. The molecule has 1 aromatic rings. The van der Waals surface area contributed by atoms with Gasteiger partial charge in [-0.1, -0.05) is 33.1 Å². The summed E-state index contributed by atoms with van der Waals surface area (Å²) in [7, 11) is 1.73. The zero-order valence-corrected chi connectivity index (χ0v) is 18.7. The molecule has 0 aromatic carbocycles. The number of unbranched alkanes of at least 4 members (excludes halogenated alkanes) is 2. The molecule has 1 saturated heterocycles. The van der Waals surface area contributed by atoms with Crippen LogP contribution in [-0.4, -0.2) is 70.4 Å². The number of amides is 2. The van der Waals surface area contributed by atoms with Crippen LogP contribution in [0.2, 0.25) is 0 Å². The number of hydrazine groups is 1. The molecule has 1 aliphatic heterocycles. The molecule has 174 valence electrons. The molecule has 0 saturated carbocycles. The van der Waals surface area contributed by atoms with Crippen LogP contribution in [0.5, 0.6) is 0 Å². The number of nitrogens with one attached hydrogen (secondary N) is 2. The summed E-state index contributed by atoms with van der Waals surface area (Å²) in [5, 5.41) is 10.0. The second-order valence-corrected chi connectivity index (χ2v) is 7.69.